The van der Waals surface area contributed by atoms with Gasteiger partial charge in [0.25, 0.3) is 0 Å². The van der Waals surface area contributed by atoms with Gasteiger partial charge in [0.05, 0.1) is 0 Å². The van der Waals surface area contributed by atoms with E-state index in [-0.39, 0.29) is 5.41 Å². The van der Waals surface area contributed by atoms with E-state index in [0.29, 0.717) is 11.8 Å². The first-order chi connectivity index (χ1) is 7.70. The van der Waals surface area contributed by atoms with E-state index in [0.717, 1.165) is 29.8 Å². The predicted molar refractivity (Wildman–Crippen MR) is 74.1 cm³/mol. The van der Waals surface area contributed by atoms with Crippen molar-refractivity contribution in [2.45, 2.75) is 31.6 Å². The van der Waals surface area contributed by atoms with Gasteiger partial charge in [0.15, 0.2) is 0 Å². The summed E-state index contributed by atoms with van der Waals surface area (Å²) in [6, 6.07) is 7.85. The van der Waals surface area contributed by atoms with Crippen LogP contribution in [0, 0.1) is 0 Å². The molecule has 0 unspecified atom stereocenters. The van der Waals surface area contributed by atoms with Crippen LogP contribution in [0.4, 0.5) is 0 Å². The number of hydrogen-bond acceptors (Lipinski definition) is 0. The zero-order valence-electron chi connectivity index (χ0n) is 9.48. The molecule has 3 heteroatoms. The number of benzene rings is 1. The molecule has 0 heterocycles. The highest BCUT2D eigenvalue weighted by molar-refractivity contribution is 6.32. The molecule has 0 aliphatic carbocycles. The topological polar surface area (TPSA) is 0 Å². The molecule has 0 saturated heterocycles. The number of alkyl halides is 2. The maximum Gasteiger partial charge on any atom is 0.0444 e. The molecule has 0 saturated carbocycles. The second kappa shape index (κ2) is 6.74. The molecule has 0 aromatic heterocycles. The van der Waals surface area contributed by atoms with E-state index in [2.05, 4.69) is 6.92 Å². The van der Waals surface area contributed by atoms with Crippen LogP contribution in [-0.2, 0) is 5.41 Å². The lowest BCUT2D eigenvalue weighted by Gasteiger charge is -2.31. The maximum absolute atomic E-state index is 6.23. The standard InChI is InChI=1S/C13H17Cl3/c1-2-3-8-13(9-14,10-15)11-6-4-5-7-12(11)16/h4-7H,2-3,8-10H2,1H3. The minimum Gasteiger partial charge on any atom is -0.126 e. The molecule has 1 rings (SSSR count). The molecular weight excluding hydrogens is 263 g/mol. The molecule has 0 radical (unpaired) electrons. The van der Waals surface area contributed by atoms with Crippen LogP contribution >= 0.6 is 34.8 Å². The predicted octanol–water partition coefficient (Wildman–Crippen LogP) is 5.25. The van der Waals surface area contributed by atoms with E-state index < -0.39 is 0 Å². The third-order valence-corrected chi connectivity index (χ3v) is 4.32. The third-order valence-electron chi connectivity index (χ3n) is 2.97. The van der Waals surface area contributed by atoms with Crippen LogP contribution in [-0.4, -0.2) is 11.8 Å². The van der Waals surface area contributed by atoms with Crippen LogP contribution in [0.2, 0.25) is 5.02 Å². The number of unbranched alkanes of at least 4 members (excludes halogenated alkanes) is 1. The number of rotatable bonds is 6. The summed E-state index contributed by atoms with van der Waals surface area (Å²) >= 11 is 18.5. The molecule has 1 aromatic carbocycles. The van der Waals surface area contributed by atoms with Crippen molar-refractivity contribution in [1.82, 2.24) is 0 Å². The van der Waals surface area contributed by atoms with E-state index in [1.807, 2.05) is 24.3 Å². The van der Waals surface area contributed by atoms with Gasteiger partial charge in [-0.05, 0) is 18.1 Å². The highest BCUT2D eigenvalue weighted by Gasteiger charge is 2.31. The lowest BCUT2D eigenvalue weighted by molar-refractivity contribution is 0.469. The fraction of sp³-hybridized carbons (Fsp3) is 0.538. The first-order valence-corrected chi connectivity index (χ1v) is 7.02. The van der Waals surface area contributed by atoms with Crippen molar-refractivity contribution in [1.29, 1.82) is 0 Å². The highest BCUT2D eigenvalue weighted by Crippen LogP contribution is 2.36. The van der Waals surface area contributed by atoms with Gasteiger partial charge >= 0.3 is 0 Å². The van der Waals surface area contributed by atoms with E-state index >= 15 is 0 Å². The molecule has 1 aromatic rings. The van der Waals surface area contributed by atoms with Crippen molar-refractivity contribution >= 4 is 34.8 Å². The first kappa shape index (κ1) is 14.2. The molecule has 0 nitrogen and oxygen atoms in total. The molecule has 16 heavy (non-hydrogen) atoms. The van der Waals surface area contributed by atoms with Gasteiger partial charge < -0.3 is 0 Å². The Hall–Kier alpha value is 0.0900. The van der Waals surface area contributed by atoms with Crippen molar-refractivity contribution in [2.24, 2.45) is 0 Å². The Morgan fingerprint density at radius 2 is 1.75 bits per heavy atom. The molecule has 0 fully saturated rings. The van der Waals surface area contributed by atoms with Crippen molar-refractivity contribution in [2.75, 3.05) is 11.8 Å². The van der Waals surface area contributed by atoms with Crippen LogP contribution in [0.1, 0.15) is 31.7 Å². The van der Waals surface area contributed by atoms with Gasteiger partial charge in [0.1, 0.15) is 0 Å². The third kappa shape index (κ3) is 3.06. The molecule has 0 N–H and O–H groups in total. The average molecular weight is 280 g/mol. The van der Waals surface area contributed by atoms with Crippen LogP contribution in [0.3, 0.4) is 0 Å². The lowest BCUT2D eigenvalue weighted by atomic mass is 9.79. The molecule has 0 atom stereocenters. The summed E-state index contributed by atoms with van der Waals surface area (Å²) in [4.78, 5) is 0. The Morgan fingerprint density at radius 3 is 2.25 bits per heavy atom. The Labute approximate surface area is 113 Å². The highest BCUT2D eigenvalue weighted by atomic mass is 35.5. The second-order valence-corrected chi connectivity index (χ2v) is 5.07. The summed E-state index contributed by atoms with van der Waals surface area (Å²) in [7, 11) is 0. The summed E-state index contributed by atoms with van der Waals surface area (Å²) < 4.78 is 0. The van der Waals surface area contributed by atoms with Crippen molar-refractivity contribution in [3.8, 4) is 0 Å². The average Bonchev–Trinajstić information content (AvgIpc) is 2.33. The molecule has 90 valence electrons. The molecule has 0 aliphatic rings. The van der Waals surface area contributed by atoms with Crippen molar-refractivity contribution in [3.63, 3.8) is 0 Å². The quantitative estimate of drug-likeness (QED) is 0.624. The van der Waals surface area contributed by atoms with Gasteiger partial charge in [-0.3, -0.25) is 0 Å². The van der Waals surface area contributed by atoms with Crippen LogP contribution in [0.25, 0.3) is 0 Å². The van der Waals surface area contributed by atoms with Gasteiger partial charge in [-0.25, -0.2) is 0 Å². The summed E-state index contributed by atoms with van der Waals surface area (Å²) in [6.45, 7) is 2.17. The van der Waals surface area contributed by atoms with E-state index in [4.69, 9.17) is 34.8 Å². The molecule has 0 amide bonds. The normalized spacial score (nSPS) is 11.8. The first-order valence-electron chi connectivity index (χ1n) is 5.57. The SMILES string of the molecule is CCCCC(CCl)(CCl)c1ccccc1Cl. The number of hydrogen-bond donors (Lipinski definition) is 0. The monoisotopic (exact) mass is 278 g/mol. The van der Waals surface area contributed by atoms with Crippen LogP contribution in [0.5, 0.6) is 0 Å². The van der Waals surface area contributed by atoms with E-state index in [1.54, 1.807) is 0 Å². The largest absolute Gasteiger partial charge is 0.126 e. The van der Waals surface area contributed by atoms with Crippen molar-refractivity contribution in [3.05, 3.63) is 34.9 Å². The fourth-order valence-electron chi connectivity index (χ4n) is 1.85. The summed E-state index contributed by atoms with van der Waals surface area (Å²) in [5.74, 6) is 1.03. The van der Waals surface area contributed by atoms with E-state index in [1.165, 1.54) is 0 Å². The van der Waals surface area contributed by atoms with Gasteiger partial charge in [-0.1, -0.05) is 49.6 Å². The summed E-state index contributed by atoms with van der Waals surface area (Å²) in [5.41, 5.74) is 0.896. The summed E-state index contributed by atoms with van der Waals surface area (Å²) in [6.07, 6.45) is 3.24. The molecule has 0 aliphatic heterocycles. The maximum atomic E-state index is 6.23. The lowest BCUT2D eigenvalue weighted by Crippen LogP contribution is -2.31. The molecule has 0 spiro atoms. The van der Waals surface area contributed by atoms with Crippen molar-refractivity contribution < 1.29 is 0 Å². The minimum atomic E-state index is -0.183. The van der Waals surface area contributed by atoms with Gasteiger partial charge in [-0.2, -0.15) is 0 Å². The Morgan fingerprint density at radius 1 is 1.12 bits per heavy atom. The Balaban J connectivity index is 3.05. The smallest absolute Gasteiger partial charge is 0.0444 e. The van der Waals surface area contributed by atoms with Gasteiger partial charge in [0.2, 0.25) is 0 Å². The fourth-order valence-corrected chi connectivity index (χ4v) is 3.03. The van der Waals surface area contributed by atoms with Crippen LogP contribution in [0.15, 0.2) is 24.3 Å². The molecular formula is C13H17Cl3. The van der Waals surface area contributed by atoms with Gasteiger partial charge in [-0.15, -0.1) is 23.2 Å². The number of halogens is 3. The Kier molecular flexibility index (Phi) is 5.96. The second-order valence-electron chi connectivity index (χ2n) is 4.13. The zero-order valence-corrected chi connectivity index (χ0v) is 11.7. The zero-order chi connectivity index (χ0) is 12.0. The summed E-state index contributed by atoms with van der Waals surface area (Å²) in [5, 5.41) is 0.764. The van der Waals surface area contributed by atoms with Gasteiger partial charge in [0, 0.05) is 22.2 Å². The van der Waals surface area contributed by atoms with Crippen LogP contribution < -0.4 is 0 Å². The molecule has 0 bridgehead atoms. The minimum absolute atomic E-state index is 0.183. The van der Waals surface area contributed by atoms with E-state index in [9.17, 15) is 0 Å². The Bertz CT molecular complexity index is 319.